The molecule has 0 saturated carbocycles. The third-order valence-corrected chi connectivity index (χ3v) is 5.84. The first-order valence-corrected chi connectivity index (χ1v) is 11.6. The van der Waals surface area contributed by atoms with Crippen LogP contribution in [0.4, 0.5) is 10.5 Å². The molecule has 2 aliphatic heterocycles. The van der Waals surface area contributed by atoms with Crippen molar-refractivity contribution in [2.24, 2.45) is 0 Å². The van der Waals surface area contributed by atoms with Crippen molar-refractivity contribution in [1.82, 2.24) is 20.9 Å². The molecular weight excluding hydrogens is 422 g/mol. The Morgan fingerprint density at radius 2 is 1.91 bits per heavy atom. The van der Waals surface area contributed by atoms with E-state index in [-0.39, 0.29) is 11.8 Å². The number of alkyl carbamates (subject to hydrolysis) is 1. The van der Waals surface area contributed by atoms with Crippen LogP contribution in [-0.4, -0.2) is 66.3 Å². The Bertz CT molecular complexity index is 874. The lowest BCUT2D eigenvalue weighted by atomic mass is 9.92. The van der Waals surface area contributed by atoms with Gasteiger partial charge in [0.1, 0.15) is 17.2 Å². The third kappa shape index (κ3) is 6.60. The molecule has 2 aliphatic rings. The summed E-state index contributed by atoms with van der Waals surface area (Å²) >= 11 is 0. The molecule has 1 aromatic rings. The molecule has 0 radical (unpaired) electrons. The fourth-order valence-corrected chi connectivity index (χ4v) is 4.12. The highest BCUT2D eigenvalue weighted by molar-refractivity contribution is 5.93. The number of para-hydroxylation sites is 1. The average molecular weight is 460 g/mol. The summed E-state index contributed by atoms with van der Waals surface area (Å²) in [7, 11) is 0. The van der Waals surface area contributed by atoms with Crippen LogP contribution in [0.2, 0.25) is 0 Å². The van der Waals surface area contributed by atoms with Crippen molar-refractivity contribution in [3.05, 3.63) is 29.8 Å². The maximum Gasteiger partial charge on any atom is 0.408 e. The molecule has 2 heterocycles. The van der Waals surface area contributed by atoms with E-state index in [1.165, 1.54) is 0 Å². The number of rotatable bonds is 6. The van der Waals surface area contributed by atoms with E-state index in [0.717, 1.165) is 24.2 Å². The van der Waals surface area contributed by atoms with E-state index in [1.54, 1.807) is 39.5 Å². The summed E-state index contributed by atoms with van der Waals surface area (Å²) in [5, 5.41) is 12.1. The number of anilines is 1. The maximum absolute atomic E-state index is 13.4. The summed E-state index contributed by atoms with van der Waals surface area (Å²) in [5.41, 5.74) is 0.269. The van der Waals surface area contributed by atoms with Crippen LogP contribution in [0.5, 0.6) is 0 Å². The molecule has 0 spiro atoms. The molecule has 1 aromatic carbocycles. The van der Waals surface area contributed by atoms with Gasteiger partial charge in [0.15, 0.2) is 0 Å². The van der Waals surface area contributed by atoms with Crippen molar-refractivity contribution in [3.63, 3.8) is 0 Å². The number of nitrogens with one attached hydrogen (secondary N) is 4. The summed E-state index contributed by atoms with van der Waals surface area (Å²) in [4.78, 5) is 40.6. The molecule has 2 atom stereocenters. The van der Waals surface area contributed by atoms with Gasteiger partial charge in [0.2, 0.25) is 11.8 Å². The second-order valence-electron chi connectivity index (χ2n) is 10.3. The van der Waals surface area contributed by atoms with E-state index in [9.17, 15) is 14.4 Å². The topological polar surface area (TPSA) is 112 Å². The summed E-state index contributed by atoms with van der Waals surface area (Å²) in [5.74, 6) is -0.459. The van der Waals surface area contributed by atoms with Gasteiger partial charge >= 0.3 is 6.09 Å². The van der Waals surface area contributed by atoms with Crippen molar-refractivity contribution in [3.8, 4) is 0 Å². The van der Waals surface area contributed by atoms with Gasteiger partial charge < -0.3 is 25.6 Å². The third-order valence-electron chi connectivity index (χ3n) is 5.84. The van der Waals surface area contributed by atoms with Gasteiger partial charge in [-0.3, -0.25) is 14.9 Å². The first kappa shape index (κ1) is 24.8. The van der Waals surface area contributed by atoms with Crippen molar-refractivity contribution in [2.45, 2.75) is 70.6 Å². The molecule has 0 aliphatic carbocycles. The molecular formula is C24H37N5O4. The van der Waals surface area contributed by atoms with Crippen molar-refractivity contribution >= 4 is 23.6 Å². The van der Waals surface area contributed by atoms with E-state index < -0.39 is 29.2 Å². The predicted molar refractivity (Wildman–Crippen MR) is 127 cm³/mol. The molecule has 33 heavy (non-hydrogen) atoms. The van der Waals surface area contributed by atoms with Crippen LogP contribution in [0.25, 0.3) is 0 Å². The molecule has 4 N–H and O–H groups in total. The Morgan fingerprint density at radius 1 is 1.18 bits per heavy atom. The Labute approximate surface area is 196 Å². The van der Waals surface area contributed by atoms with Crippen LogP contribution < -0.4 is 21.3 Å². The molecule has 0 aromatic heterocycles. The Balaban J connectivity index is 1.74. The molecule has 3 amide bonds. The van der Waals surface area contributed by atoms with Crippen LogP contribution >= 0.6 is 0 Å². The first-order valence-electron chi connectivity index (χ1n) is 11.6. The van der Waals surface area contributed by atoms with E-state index in [1.807, 2.05) is 18.2 Å². The summed E-state index contributed by atoms with van der Waals surface area (Å²) in [6.07, 6.45) is 0.652. The number of benzene rings is 1. The Hall–Kier alpha value is -2.81. The van der Waals surface area contributed by atoms with Crippen LogP contribution in [-0.2, 0) is 14.3 Å². The zero-order chi connectivity index (χ0) is 24.2. The molecule has 1 unspecified atom stereocenters. The minimum absolute atomic E-state index is 0.0927. The Kier molecular flexibility index (Phi) is 7.51. The molecule has 0 bridgehead atoms. The summed E-state index contributed by atoms with van der Waals surface area (Å²) < 4.78 is 5.30. The number of carbonyl (C=O) groups is 3. The van der Waals surface area contributed by atoms with Crippen LogP contribution in [0, 0.1) is 0 Å². The lowest BCUT2D eigenvalue weighted by Gasteiger charge is -2.34. The predicted octanol–water partition coefficient (Wildman–Crippen LogP) is 2.15. The minimum Gasteiger partial charge on any atom is -0.444 e. The highest BCUT2D eigenvalue weighted by atomic mass is 16.6. The fourth-order valence-electron chi connectivity index (χ4n) is 4.12. The fraction of sp³-hybridized carbons (Fsp3) is 0.625. The quantitative estimate of drug-likeness (QED) is 0.519. The lowest BCUT2D eigenvalue weighted by molar-refractivity contribution is -0.139. The number of ether oxygens (including phenoxy) is 1. The summed E-state index contributed by atoms with van der Waals surface area (Å²) in [6.45, 7) is 11.2. The van der Waals surface area contributed by atoms with E-state index in [0.29, 0.717) is 26.2 Å². The highest BCUT2D eigenvalue weighted by Crippen LogP contribution is 2.34. The largest absolute Gasteiger partial charge is 0.444 e. The van der Waals surface area contributed by atoms with E-state index in [4.69, 9.17) is 4.74 Å². The normalized spacial score (nSPS) is 19.2. The van der Waals surface area contributed by atoms with E-state index >= 15 is 0 Å². The number of fused-ring (bicyclic) bond motifs is 1. The van der Waals surface area contributed by atoms with Gasteiger partial charge in [0.25, 0.3) is 0 Å². The van der Waals surface area contributed by atoms with Crippen LogP contribution in [0.1, 0.15) is 58.9 Å². The SMILES string of the molecule is CC(C)(C)OC(=O)NC(C)(C)C(=O)N[C@H](CC1CNc2ccccc21)C(=O)N1CCCNC1. The molecule has 3 rings (SSSR count). The minimum atomic E-state index is -1.26. The first-order chi connectivity index (χ1) is 15.5. The number of carbonyl (C=O) groups excluding carboxylic acids is 3. The number of hydrogen-bond donors (Lipinski definition) is 4. The van der Waals surface area contributed by atoms with Gasteiger partial charge in [-0.2, -0.15) is 0 Å². The molecule has 9 nitrogen and oxygen atoms in total. The van der Waals surface area contributed by atoms with Crippen LogP contribution in [0.3, 0.4) is 0 Å². The smallest absolute Gasteiger partial charge is 0.408 e. The zero-order valence-electron chi connectivity index (χ0n) is 20.3. The molecule has 1 saturated heterocycles. The van der Waals surface area contributed by atoms with Gasteiger partial charge in [-0.05, 0) is 65.6 Å². The number of nitrogens with zero attached hydrogens (tertiary/aromatic N) is 1. The second kappa shape index (κ2) is 9.99. The molecule has 182 valence electrons. The standard InChI is InChI=1S/C24H37N5O4/c1-23(2,3)33-22(32)28-24(4,5)21(31)27-19(20(30)29-12-8-11-25-15-29)13-16-14-26-18-10-7-6-9-17(16)18/h6-7,9-10,16,19,25-26H,8,11-15H2,1-5H3,(H,27,31)(H,28,32)/t16?,19-/m1/s1. The van der Waals surface area contributed by atoms with Crippen molar-refractivity contribution in [1.29, 1.82) is 0 Å². The van der Waals surface area contributed by atoms with Gasteiger partial charge in [0, 0.05) is 24.7 Å². The highest BCUT2D eigenvalue weighted by Gasteiger charge is 2.37. The summed E-state index contributed by atoms with van der Waals surface area (Å²) in [6, 6.07) is 7.32. The Morgan fingerprint density at radius 3 is 2.58 bits per heavy atom. The zero-order valence-corrected chi connectivity index (χ0v) is 20.3. The molecule has 9 heteroatoms. The van der Waals surface area contributed by atoms with Gasteiger partial charge in [-0.25, -0.2) is 4.79 Å². The van der Waals surface area contributed by atoms with E-state index in [2.05, 4.69) is 27.3 Å². The monoisotopic (exact) mass is 459 g/mol. The lowest BCUT2D eigenvalue weighted by Crippen LogP contribution is -2.60. The second-order valence-corrected chi connectivity index (χ2v) is 10.3. The van der Waals surface area contributed by atoms with Gasteiger partial charge in [0.05, 0.1) is 6.67 Å². The van der Waals surface area contributed by atoms with Crippen molar-refractivity contribution < 1.29 is 19.1 Å². The van der Waals surface area contributed by atoms with Crippen LogP contribution in [0.15, 0.2) is 24.3 Å². The van der Waals surface area contributed by atoms with Gasteiger partial charge in [-0.1, -0.05) is 18.2 Å². The molecule has 1 fully saturated rings. The van der Waals surface area contributed by atoms with Crippen molar-refractivity contribution in [2.75, 3.05) is 31.6 Å². The average Bonchev–Trinajstić information content (AvgIpc) is 3.14. The number of amides is 3. The van der Waals surface area contributed by atoms with Gasteiger partial charge in [-0.15, -0.1) is 0 Å². The number of hydrogen-bond acceptors (Lipinski definition) is 6. The maximum atomic E-state index is 13.4.